The van der Waals surface area contributed by atoms with Gasteiger partial charge in [0.2, 0.25) is 15.9 Å². The van der Waals surface area contributed by atoms with Crippen molar-refractivity contribution in [3.8, 4) is 5.75 Å². The van der Waals surface area contributed by atoms with Crippen LogP contribution in [0.2, 0.25) is 10.0 Å². The maximum Gasteiger partial charge on any atom is 0.224 e. The lowest BCUT2D eigenvalue weighted by Gasteiger charge is -2.31. The fourth-order valence-electron chi connectivity index (χ4n) is 3.60. The van der Waals surface area contributed by atoms with Crippen LogP contribution in [0, 0.1) is 5.92 Å². The Morgan fingerprint density at radius 1 is 1.19 bits per heavy atom. The number of hydrogen-bond acceptors (Lipinski definition) is 4. The Bertz CT molecular complexity index is 1010. The number of carbonyl (C=O) groups is 1. The number of piperidine rings is 1. The molecule has 1 atom stereocenters. The highest BCUT2D eigenvalue weighted by Gasteiger charge is 2.33. The number of amides is 1. The average Bonchev–Trinajstić information content (AvgIpc) is 2.75. The van der Waals surface area contributed by atoms with Gasteiger partial charge in [-0.3, -0.25) is 4.79 Å². The fourth-order valence-corrected chi connectivity index (χ4v) is 5.96. The molecule has 3 rings (SSSR count). The van der Waals surface area contributed by atoms with E-state index in [2.05, 4.69) is 5.32 Å². The highest BCUT2D eigenvalue weighted by molar-refractivity contribution is 7.88. The standard InChI is InChI=1S/C22H26Cl2N2O4S/c1-2-30-18-8-3-6-16(12-18)13-25-22(27)17-7-5-11-26(14-17)31(28,29)15-19-20(23)9-4-10-21(19)24/h3-4,6,8-10,12,17H,2,5,7,11,13-15H2,1H3,(H,25,27)/t17-/m0/s1. The van der Waals surface area contributed by atoms with Crippen LogP contribution >= 0.6 is 23.2 Å². The molecule has 1 saturated heterocycles. The largest absolute Gasteiger partial charge is 0.494 e. The second kappa shape index (κ2) is 10.7. The second-order valence-corrected chi connectivity index (χ2v) is 10.2. The van der Waals surface area contributed by atoms with Crippen LogP contribution in [0.4, 0.5) is 0 Å². The van der Waals surface area contributed by atoms with Crippen molar-refractivity contribution in [2.75, 3.05) is 19.7 Å². The van der Waals surface area contributed by atoms with Gasteiger partial charge in [0.25, 0.3) is 0 Å². The number of benzene rings is 2. The molecule has 1 heterocycles. The van der Waals surface area contributed by atoms with E-state index in [9.17, 15) is 13.2 Å². The summed E-state index contributed by atoms with van der Waals surface area (Å²) in [6, 6.07) is 12.4. The number of hydrogen-bond donors (Lipinski definition) is 1. The monoisotopic (exact) mass is 484 g/mol. The van der Waals surface area contributed by atoms with E-state index in [1.807, 2.05) is 31.2 Å². The van der Waals surface area contributed by atoms with Gasteiger partial charge in [-0.25, -0.2) is 12.7 Å². The molecule has 0 saturated carbocycles. The molecule has 0 aliphatic carbocycles. The van der Waals surface area contributed by atoms with Crippen LogP contribution < -0.4 is 10.1 Å². The van der Waals surface area contributed by atoms with Crippen molar-refractivity contribution >= 4 is 39.1 Å². The van der Waals surface area contributed by atoms with Crippen LogP contribution in [-0.2, 0) is 27.1 Å². The minimum atomic E-state index is -3.66. The van der Waals surface area contributed by atoms with Crippen molar-refractivity contribution < 1.29 is 17.9 Å². The molecule has 1 aliphatic rings. The first-order valence-corrected chi connectivity index (χ1v) is 12.6. The SMILES string of the molecule is CCOc1cccc(CNC(=O)[C@H]2CCCN(S(=O)(=O)Cc3c(Cl)cccc3Cl)C2)c1. The molecular weight excluding hydrogens is 459 g/mol. The normalized spacial score (nSPS) is 17.3. The second-order valence-electron chi connectivity index (χ2n) is 7.45. The zero-order valence-electron chi connectivity index (χ0n) is 17.3. The zero-order valence-corrected chi connectivity index (χ0v) is 19.6. The number of halogens is 2. The summed E-state index contributed by atoms with van der Waals surface area (Å²) in [5.41, 5.74) is 1.31. The minimum Gasteiger partial charge on any atom is -0.494 e. The first-order valence-electron chi connectivity index (χ1n) is 10.2. The lowest BCUT2D eigenvalue weighted by molar-refractivity contribution is -0.126. The number of nitrogens with one attached hydrogen (secondary N) is 1. The molecule has 1 amide bonds. The average molecular weight is 485 g/mol. The van der Waals surface area contributed by atoms with Crippen molar-refractivity contribution in [1.29, 1.82) is 0 Å². The summed E-state index contributed by atoms with van der Waals surface area (Å²) >= 11 is 12.3. The number of sulfonamides is 1. The fraction of sp³-hybridized carbons (Fsp3) is 0.409. The molecule has 1 N–H and O–H groups in total. The maximum absolute atomic E-state index is 13.0. The highest BCUT2D eigenvalue weighted by atomic mass is 35.5. The van der Waals surface area contributed by atoms with E-state index in [-0.39, 0.29) is 18.2 Å². The summed E-state index contributed by atoms with van der Waals surface area (Å²) in [5, 5.41) is 3.55. The summed E-state index contributed by atoms with van der Waals surface area (Å²) in [6.07, 6.45) is 1.26. The van der Waals surface area contributed by atoms with E-state index >= 15 is 0 Å². The van der Waals surface area contributed by atoms with Crippen molar-refractivity contribution in [1.82, 2.24) is 9.62 Å². The van der Waals surface area contributed by atoms with Crippen LogP contribution in [0.5, 0.6) is 5.75 Å². The molecule has 1 fully saturated rings. The van der Waals surface area contributed by atoms with Crippen LogP contribution in [0.1, 0.15) is 30.9 Å². The molecule has 168 valence electrons. The molecule has 0 radical (unpaired) electrons. The van der Waals surface area contributed by atoms with Gasteiger partial charge >= 0.3 is 0 Å². The van der Waals surface area contributed by atoms with Gasteiger partial charge in [-0.15, -0.1) is 0 Å². The summed E-state index contributed by atoms with van der Waals surface area (Å²) in [5.74, 6) is -0.0930. The van der Waals surface area contributed by atoms with Gasteiger partial charge in [0.05, 0.1) is 18.3 Å². The molecule has 0 spiro atoms. The van der Waals surface area contributed by atoms with Gasteiger partial charge in [-0.05, 0) is 49.6 Å². The highest BCUT2D eigenvalue weighted by Crippen LogP contribution is 2.29. The van der Waals surface area contributed by atoms with E-state index in [0.29, 0.717) is 48.1 Å². The minimum absolute atomic E-state index is 0.148. The lowest BCUT2D eigenvalue weighted by Crippen LogP contribution is -2.45. The molecule has 9 heteroatoms. The molecule has 31 heavy (non-hydrogen) atoms. The third-order valence-electron chi connectivity index (χ3n) is 5.21. The first kappa shape index (κ1) is 23.9. The van der Waals surface area contributed by atoms with Gasteiger partial charge in [0.1, 0.15) is 5.75 Å². The predicted molar refractivity (Wildman–Crippen MR) is 123 cm³/mol. The molecule has 0 aromatic heterocycles. The van der Waals surface area contributed by atoms with Crippen LogP contribution in [0.3, 0.4) is 0 Å². The van der Waals surface area contributed by atoms with Crippen molar-refractivity contribution in [3.05, 3.63) is 63.6 Å². The molecular formula is C22H26Cl2N2O4S. The number of nitrogens with zero attached hydrogens (tertiary/aromatic N) is 1. The Morgan fingerprint density at radius 2 is 1.90 bits per heavy atom. The smallest absolute Gasteiger partial charge is 0.224 e. The molecule has 2 aromatic carbocycles. The van der Waals surface area contributed by atoms with Crippen molar-refractivity contribution in [3.63, 3.8) is 0 Å². The van der Waals surface area contributed by atoms with Crippen LogP contribution in [-0.4, -0.2) is 38.3 Å². The van der Waals surface area contributed by atoms with Crippen molar-refractivity contribution in [2.24, 2.45) is 5.92 Å². The van der Waals surface area contributed by atoms with Gasteiger partial charge in [0.15, 0.2) is 0 Å². The molecule has 1 aliphatic heterocycles. The quantitative estimate of drug-likeness (QED) is 0.607. The van der Waals surface area contributed by atoms with E-state index < -0.39 is 15.9 Å². The lowest BCUT2D eigenvalue weighted by atomic mass is 9.99. The zero-order chi connectivity index (χ0) is 22.4. The molecule has 0 bridgehead atoms. The summed E-state index contributed by atoms with van der Waals surface area (Å²) in [7, 11) is -3.66. The van der Waals surface area contributed by atoms with Crippen molar-refractivity contribution in [2.45, 2.75) is 32.1 Å². The van der Waals surface area contributed by atoms with E-state index in [1.165, 1.54) is 4.31 Å². The Labute approximate surface area is 193 Å². The van der Waals surface area contributed by atoms with Crippen LogP contribution in [0.25, 0.3) is 0 Å². The topological polar surface area (TPSA) is 75.7 Å². The number of carbonyl (C=O) groups excluding carboxylic acids is 1. The van der Waals surface area contributed by atoms with Gasteiger partial charge in [-0.2, -0.15) is 0 Å². The number of ether oxygens (including phenoxy) is 1. The van der Waals surface area contributed by atoms with Crippen LogP contribution in [0.15, 0.2) is 42.5 Å². The molecule has 2 aromatic rings. The maximum atomic E-state index is 13.0. The van der Waals surface area contributed by atoms with Gasteiger partial charge < -0.3 is 10.1 Å². The molecule has 0 unspecified atom stereocenters. The van der Waals surface area contributed by atoms with E-state index in [0.717, 1.165) is 11.3 Å². The predicted octanol–water partition coefficient (Wildman–Crippen LogP) is 4.25. The summed E-state index contributed by atoms with van der Waals surface area (Å²) in [6.45, 7) is 3.37. The van der Waals surface area contributed by atoms with Gasteiger partial charge in [0, 0.05) is 35.2 Å². The Morgan fingerprint density at radius 3 is 2.61 bits per heavy atom. The summed E-state index contributed by atoms with van der Waals surface area (Å²) < 4.78 is 32.8. The third-order valence-corrected chi connectivity index (χ3v) is 7.69. The number of rotatable bonds is 8. The Kier molecular flexibility index (Phi) is 8.22. The van der Waals surface area contributed by atoms with E-state index in [1.54, 1.807) is 18.2 Å². The first-order chi connectivity index (χ1) is 14.8. The summed E-state index contributed by atoms with van der Waals surface area (Å²) in [4.78, 5) is 12.7. The van der Waals surface area contributed by atoms with Gasteiger partial charge in [-0.1, -0.05) is 41.4 Å². The Hall–Kier alpha value is -1.80. The van der Waals surface area contributed by atoms with E-state index in [4.69, 9.17) is 27.9 Å². The third kappa shape index (κ3) is 6.35. The Balaban J connectivity index is 1.61. The molecule has 6 nitrogen and oxygen atoms in total.